The fourth-order valence-electron chi connectivity index (χ4n) is 1.73. The molecule has 5 heteroatoms. The number of benzene rings is 2. The molecule has 0 fully saturated rings. The Kier molecular flexibility index (Phi) is 4.58. The summed E-state index contributed by atoms with van der Waals surface area (Å²) in [6.45, 7) is 1.69. The molecule has 2 rings (SSSR count). The second kappa shape index (κ2) is 6.39. The summed E-state index contributed by atoms with van der Waals surface area (Å²) in [6, 6.07) is 11.7. The zero-order valence-electron chi connectivity index (χ0n) is 10.9. The summed E-state index contributed by atoms with van der Waals surface area (Å²) in [5.41, 5.74) is 1.63. The monoisotopic (exact) mass is 292 g/mol. The number of rotatable bonds is 4. The zero-order chi connectivity index (χ0) is 14.5. The Morgan fingerprint density at radius 2 is 1.85 bits per heavy atom. The molecule has 0 saturated heterocycles. The van der Waals surface area contributed by atoms with E-state index in [-0.39, 0.29) is 18.3 Å². The van der Waals surface area contributed by atoms with Gasteiger partial charge in [0, 0.05) is 11.3 Å². The van der Waals surface area contributed by atoms with Crippen LogP contribution >= 0.6 is 11.6 Å². The van der Waals surface area contributed by atoms with Gasteiger partial charge in [-0.05, 0) is 31.2 Å². The van der Waals surface area contributed by atoms with Gasteiger partial charge in [0.05, 0.1) is 17.3 Å². The van der Waals surface area contributed by atoms with Crippen LogP contribution < -0.4 is 10.6 Å². The molecule has 0 aliphatic carbocycles. The highest BCUT2D eigenvalue weighted by Gasteiger charge is 2.07. The Bertz CT molecular complexity index is 631. The van der Waals surface area contributed by atoms with Gasteiger partial charge < -0.3 is 10.6 Å². The van der Waals surface area contributed by atoms with Crippen LogP contribution in [0.1, 0.15) is 5.56 Å². The fourth-order valence-corrected chi connectivity index (χ4v) is 1.91. The number of para-hydroxylation sites is 1. The molecule has 2 aromatic rings. The van der Waals surface area contributed by atoms with Crippen molar-refractivity contribution in [3.05, 3.63) is 58.9 Å². The first-order valence-corrected chi connectivity index (χ1v) is 6.49. The second-order valence-electron chi connectivity index (χ2n) is 4.29. The lowest BCUT2D eigenvalue weighted by atomic mass is 10.2. The number of carbonyl (C=O) groups is 1. The molecule has 1 amide bonds. The first-order chi connectivity index (χ1) is 9.58. The average molecular weight is 293 g/mol. The van der Waals surface area contributed by atoms with Crippen molar-refractivity contribution in [1.82, 2.24) is 0 Å². The van der Waals surface area contributed by atoms with Gasteiger partial charge in [-0.1, -0.05) is 29.8 Å². The van der Waals surface area contributed by atoms with E-state index in [1.165, 1.54) is 6.07 Å². The van der Waals surface area contributed by atoms with Crippen LogP contribution in [0.4, 0.5) is 15.8 Å². The third-order valence-corrected chi connectivity index (χ3v) is 3.18. The molecule has 0 spiro atoms. The fraction of sp³-hybridized carbons (Fsp3) is 0.133. The highest BCUT2D eigenvalue weighted by atomic mass is 35.5. The normalized spacial score (nSPS) is 10.2. The van der Waals surface area contributed by atoms with Gasteiger partial charge in [-0.15, -0.1) is 0 Å². The van der Waals surface area contributed by atoms with Crippen LogP contribution in [0.15, 0.2) is 42.5 Å². The van der Waals surface area contributed by atoms with E-state index < -0.39 is 0 Å². The van der Waals surface area contributed by atoms with E-state index in [1.807, 2.05) is 0 Å². The highest BCUT2D eigenvalue weighted by molar-refractivity contribution is 6.33. The molecule has 0 radical (unpaired) electrons. The minimum atomic E-state index is -0.304. The molecule has 3 nitrogen and oxygen atoms in total. The van der Waals surface area contributed by atoms with Gasteiger partial charge in [0.25, 0.3) is 0 Å². The van der Waals surface area contributed by atoms with Crippen molar-refractivity contribution < 1.29 is 9.18 Å². The smallest absolute Gasteiger partial charge is 0.243 e. The number of hydrogen-bond donors (Lipinski definition) is 2. The third-order valence-electron chi connectivity index (χ3n) is 2.86. The molecule has 0 unspecified atom stereocenters. The van der Waals surface area contributed by atoms with E-state index in [1.54, 1.807) is 43.3 Å². The van der Waals surface area contributed by atoms with Crippen molar-refractivity contribution in [2.45, 2.75) is 6.92 Å². The van der Waals surface area contributed by atoms with Crippen molar-refractivity contribution >= 4 is 28.9 Å². The quantitative estimate of drug-likeness (QED) is 0.899. The van der Waals surface area contributed by atoms with Crippen molar-refractivity contribution in [1.29, 1.82) is 0 Å². The molecule has 0 aromatic heterocycles. The molecule has 104 valence electrons. The number of carbonyl (C=O) groups excluding carboxylic acids is 1. The van der Waals surface area contributed by atoms with Gasteiger partial charge in [-0.2, -0.15) is 0 Å². The van der Waals surface area contributed by atoms with Gasteiger partial charge in [-0.3, -0.25) is 4.79 Å². The maximum atomic E-state index is 13.3. The molecule has 2 N–H and O–H groups in total. The summed E-state index contributed by atoms with van der Waals surface area (Å²) >= 11 is 5.95. The molecule has 0 aliphatic heterocycles. The minimum Gasteiger partial charge on any atom is -0.376 e. The topological polar surface area (TPSA) is 41.1 Å². The molecular weight excluding hydrogens is 279 g/mol. The van der Waals surface area contributed by atoms with E-state index in [0.29, 0.717) is 22.0 Å². The van der Waals surface area contributed by atoms with Crippen LogP contribution in [0.2, 0.25) is 5.02 Å². The Balaban J connectivity index is 1.96. The first-order valence-electron chi connectivity index (χ1n) is 6.11. The first kappa shape index (κ1) is 14.3. The maximum absolute atomic E-state index is 13.3. The Labute approximate surface area is 121 Å². The molecule has 20 heavy (non-hydrogen) atoms. The lowest BCUT2D eigenvalue weighted by Gasteiger charge is -2.11. The van der Waals surface area contributed by atoms with Crippen LogP contribution in [0, 0.1) is 12.7 Å². The van der Waals surface area contributed by atoms with Gasteiger partial charge >= 0.3 is 0 Å². The molecule has 0 saturated carbocycles. The number of amides is 1. The number of hydrogen-bond acceptors (Lipinski definition) is 2. The lowest BCUT2D eigenvalue weighted by Crippen LogP contribution is -2.22. The zero-order valence-corrected chi connectivity index (χ0v) is 11.7. The van der Waals surface area contributed by atoms with Gasteiger partial charge in [-0.25, -0.2) is 4.39 Å². The van der Waals surface area contributed by atoms with Gasteiger partial charge in [0.2, 0.25) is 5.91 Å². The van der Waals surface area contributed by atoms with Crippen molar-refractivity contribution in [3.8, 4) is 0 Å². The molecular formula is C15H14ClFN2O. The summed E-state index contributed by atoms with van der Waals surface area (Å²) in [5.74, 6) is -0.553. The summed E-state index contributed by atoms with van der Waals surface area (Å²) in [7, 11) is 0. The molecule has 0 bridgehead atoms. The summed E-state index contributed by atoms with van der Waals surface area (Å²) in [6.07, 6.45) is 0. The predicted octanol–water partition coefficient (Wildman–Crippen LogP) is 3.84. The van der Waals surface area contributed by atoms with Crippen molar-refractivity contribution in [2.75, 3.05) is 17.2 Å². The second-order valence-corrected chi connectivity index (χ2v) is 4.70. The third kappa shape index (κ3) is 3.48. The lowest BCUT2D eigenvalue weighted by molar-refractivity contribution is -0.114. The van der Waals surface area contributed by atoms with E-state index >= 15 is 0 Å². The summed E-state index contributed by atoms with van der Waals surface area (Å²) < 4.78 is 13.3. The SMILES string of the molecule is Cc1c(F)cccc1NCC(=O)Nc1ccccc1Cl. The summed E-state index contributed by atoms with van der Waals surface area (Å²) in [4.78, 5) is 11.8. The number of halogens is 2. The summed E-state index contributed by atoms with van der Waals surface area (Å²) in [5, 5.41) is 6.06. The van der Waals surface area contributed by atoms with Crippen LogP contribution in [0.5, 0.6) is 0 Å². The molecule has 0 atom stereocenters. The van der Waals surface area contributed by atoms with E-state index in [4.69, 9.17) is 11.6 Å². The van der Waals surface area contributed by atoms with E-state index in [9.17, 15) is 9.18 Å². The van der Waals surface area contributed by atoms with Crippen LogP contribution in [-0.4, -0.2) is 12.5 Å². The molecule has 2 aromatic carbocycles. The Morgan fingerprint density at radius 3 is 2.60 bits per heavy atom. The minimum absolute atomic E-state index is 0.0372. The Morgan fingerprint density at radius 1 is 1.15 bits per heavy atom. The van der Waals surface area contributed by atoms with E-state index in [0.717, 1.165) is 0 Å². The number of anilines is 2. The standard InChI is InChI=1S/C15H14ClFN2O/c1-10-12(17)6-4-8-13(10)18-9-15(20)19-14-7-3-2-5-11(14)16/h2-8,18H,9H2,1H3,(H,19,20). The molecule has 0 heterocycles. The largest absolute Gasteiger partial charge is 0.376 e. The van der Waals surface area contributed by atoms with E-state index in [2.05, 4.69) is 10.6 Å². The van der Waals surface area contributed by atoms with Crippen molar-refractivity contribution in [3.63, 3.8) is 0 Å². The maximum Gasteiger partial charge on any atom is 0.243 e. The van der Waals surface area contributed by atoms with Crippen LogP contribution in [-0.2, 0) is 4.79 Å². The average Bonchev–Trinajstić information content (AvgIpc) is 2.43. The predicted molar refractivity (Wildman–Crippen MR) is 79.7 cm³/mol. The number of nitrogens with one attached hydrogen (secondary N) is 2. The van der Waals surface area contributed by atoms with Gasteiger partial charge in [0.1, 0.15) is 5.82 Å². The van der Waals surface area contributed by atoms with Crippen LogP contribution in [0.3, 0.4) is 0 Å². The Hall–Kier alpha value is -2.07. The van der Waals surface area contributed by atoms with Gasteiger partial charge in [0.15, 0.2) is 0 Å². The van der Waals surface area contributed by atoms with Crippen molar-refractivity contribution in [2.24, 2.45) is 0 Å². The molecule has 0 aliphatic rings. The highest BCUT2D eigenvalue weighted by Crippen LogP contribution is 2.20. The van der Waals surface area contributed by atoms with Crippen LogP contribution in [0.25, 0.3) is 0 Å².